The van der Waals surface area contributed by atoms with Crippen molar-refractivity contribution in [3.63, 3.8) is 0 Å². The second-order valence-electron chi connectivity index (χ2n) is 9.73. The topological polar surface area (TPSA) is 149 Å². The Balaban J connectivity index is 1.59. The average Bonchev–Trinajstić information content (AvgIpc) is 3.47. The smallest absolute Gasteiger partial charge is 0.296 e. The van der Waals surface area contributed by atoms with Crippen LogP contribution in [-0.4, -0.2) is 78.1 Å². The Morgan fingerprint density at radius 3 is 2.27 bits per heavy atom. The van der Waals surface area contributed by atoms with Gasteiger partial charge in [-0.2, -0.15) is 4.98 Å². The van der Waals surface area contributed by atoms with Crippen LogP contribution in [0.4, 0.5) is 0 Å². The molecule has 1 aliphatic rings. The number of ketones is 1. The summed E-state index contributed by atoms with van der Waals surface area (Å²) in [6.45, 7) is 4.14. The van der Waals surface area contributed by atoms with Gasteiger partial charge in [0.2, 0.25) is 23.4 Å². The lowest BCUT2D eigenvalue weighted by Crippen LogP contribution is -2.57. The van der Waals surface area contributed by atoms with E-state index in [1.807, 2.05) is 6.07 Å². The molecule has 212 valence electrons. The molecule has 1 aromatic heterocycles. The van der Waals surface area contributed by atoms with Crippen molar-refractivity contribution in [1.29, 1.82) is 0 Å². The summed E-state index contributed by atoms with van der Waals surface area (Å²) in [7, 11) is -4.24. The molecule has 0 radical (unpaired) electrons. The van der Waals surface area contributed by atoms with E-state index >= 15 is 0 Å². The van der Waals surface area contributed by atoms with Crippen LogP contribution in [0, 0.1) is 0 Å². The van der Waals surface area contributed by atoms with Gasteiger partial charge in [0.05, 0.1) is 31.4 Å². The number of rotatable bonds is 11. The fourth-order valence-electron chi connectivity index (χ4n) is 4.34. The number of benzene rings is 2. The average molecular weight is 569 g/mol. The van der Waals surface area contributed by atoms with Crippen LogP contribution in [0.1, 0.15) is 42.9 Å². The van der Waals surface area contributed by atoms with E-state index in [1.54, 1.807) is 61.5 Å². The summed E-state index contributed by atoms with van der Waals surface area (Å²) in [5, 5.41) is 6.42. The van der Waals surface area contributed by atoms with Crippen molar-refractivity contribution in [3.8, 4) is 11.4 Å². The number of amides is 2. The molecule has 0 spiro atoms. The van der Waals surface area contributed by atoms with E-state index in [1.165, 1.54) is 11.8 Å². The van der Waals surface area contributed by atoms with Crippen molar-refractivity contribution in [2.24, 2.45) is 0 Å². The third-order valence-electron chi connectivity index (χ3n) is 6.92. The zero-order chi connectivity index (χ0) is 28.8. The Morgan fingerprint density at radius 2 is 1.65 bits per heavy atom. The van der Waals surface area contributed by atoms with Crippen molar-refractivity contribution in [2.45, 2.75) is 43.2 Å². The van der Waals surface area contributed by atoms with Crippen LogP contribution in [0.5, 0.6) is 0 Å². The Bertz CT molecular complexity index is 1440. The van der Waals surface area contributed by atoms with Gasteiger partial charge in [0.25, 0.3) is 5.89 Å². The third-order valence-corrected chi connectivity index (χ3v) is 9.33. The molecule has 2 atom stereocenters. The summed E-state index contributed by atoms with van der Waals surface area (Å²) >= 11 is 0. The van der Waals surface area contributed by atoms with Gasteiger partial charge in [0.15, 0.2) is 14.6 Å². The van der Waals surface area contributed by atoms with E-state index < -0.39 is 50.4 Å². The third kappa shape index (κ3) is 6.45. The van der Waals surface area contributed by atoms with Gasteiger partial charge in [-0.3, -0.25) is 14.4 Å². The molecule has 1 unspecified atom stereocenters. The monoisotopic (exact) mass is 568 g/mol. The zero-order valence-corrected chi connectivity index (χ0v) is 23.2. The molecule has 0 saturated carbocycles. The SMILES string of the molecule is CCC(NC(=O)[C@@](C)(CC(=O)N1CCOCC1)S(=O)(=O)Cc1ccccc1)C(=O)c1nc(-c2ccccc2)no1. The number of Topliss-reactive ketones (excluding diaryl/α,β-unsaturated/α-hetero) is 1. The second-order valence-corrected chi connectivity index (χ2v) is 12.2. The number of nitrogens with zero attached hydrogens (tertiary/aromatic N) is 3. The van der Waals surface area contributed by atoms with Crippen molar-refractivity contribution >= 4 is 27.4 Å². The van der Waals surface area contributed by atoms with Crippen LogP contribution in [-0.2, 0) is 29.9 Å². The van der Waals surface area contributed by atoms with Gasteiger partial charge in [0, 0.05) is 18.7 Å². The fraction of sp³-hybridized carbons (Fsp3) is 0.393. The van der Waals surface area contributed by atoms with Crippen LogP contribution in [0.25, 0.3) is 11.4 Å². The predicted octanol–water partition coefficient (Wildman–Crippen LogP) is 2.44. The summed E-state index contributed by atoms with van der Waals surface area (Å²) in [5.74, 6) is -2.66. The van der Waals surface area contributed by atoms with E-state index in [-0.39, 0.29) is 18.1 Å². The van der Waals surface area contributed by atoms with Gasteiger partial charge in [-0.05, 0) is 18.9 Å². The standard InChI is InChI=1S/C28H32N4O7S/c1-3-22(24(34)26-30-25(31-39-26)21-12-8-5-9-13-21)29-27(35)28(2,18-23(33)32-14-16-38-17-15-32)40(36,37)19-20-10-6-4-7-11-20/h4-13,22H,3,14-19H2,1-2H3,(H,29,35)/t22?,28-/m1/s1. The normalized spacial score (nSPS) is 16.1. The molecule has 40 heavy (non-hydrogen) atoms. The number of hydrogen-bond donors (Lipinski definition) is 1. The lowest BCUT2D eigenvalue weighted by molar-refractivity contribution is -0.138. The van der Waals surface area contributed by atoms with Crippen LogP contribution in [0.2, 0.25) is 0 Å². The first-order chi connectivity index (χ1) is 19.1. The molecule has 4 rings (SSSR count). The maximum absolute atomic E-state index is 13.8. The van der Waals surface area contributed by atoms with Crippen LogP contribution >= 0.6 is 0 Å². The van der Waals surface area contributed by atoms with E-state index in [2.05, 4.69) is 15.5 Å². The van der Waals surface area contributed by atoms with Crippen LogP contribution in [0.15, 0.2) is 65.2 Å². The highest BCUT2D eigenvalue weighted by atomic mass is 32.2. The van der Waals surface area contributed by atoms with E-state index in [9.17, 15) is 22.8 Å². The Hall–Kier alpha value is -3.90. The van der Waals surface area contributed by atoms with E-state index in [0.29, 0.717) is 37.4 Å². The highest BCUT2D eigenvalue weighted by Crippen LogP contribution is 2.28. The van der Waals surface area contributed by atoms with Gasteiger partial charge in [-0.15, -0.1) is 0 Å². The highest BCUT2D eigenvalue weighted by Gasteiger charge is 2.49. The fourth-order valence-corrected chi connectivity index (χ4v) is 5.97. The van der Waals surface area contributed by atoms with Crippen molar-refractivity contribution in [2.75, 3.05) is 26.3 Å². The molecule has 11 nitrogen and oxygen atoms in total. The minimum absolute atomic E-state index is 0.125. The molecular weight excluding hydrogens is 536 g/mol. The molecule has 12 heteroatoms. The molecular formula is C28H32N4O7S. The molecule has 1 saturated heterocycles. The summed E-state index contributed by atoms with van der Waals surface area (Å²) < 4.78 is 35.8. The van der Waals surface area contributed by atoms with Crippen molar-refractivity contribution in [1.82, 2.24) is 20.4 Å². The number of aromatic nitrogens is 2. The van der Waals surface area contributed by atoms with Crippen LogP contribution in [0.3, 0.4) is 0 Å². The number of sulfone groups is 1. The van der Waals surface area contributed by atoms with Gasteiger partial charge < -0.3 is 19.5 Å². The summed E-state index contributed by atoms with van der Waals surface area (Å²) in [4.78, 5) is 45.8. The van der Waals surface area contributed by atoms with Gasteiger partial charge in [0.1, 0.15) is 0 Å². The first-order valence-corrected chi connectivity index (χ1v) is 14.7. The predicted molar refractivity (Wildman–Crippen MR) is 146 cm³/mol. The molecule has 1 fully saturated rings. The number of hydrogen-bond acceptors (Lipinski definition) is 9. The van der Waals surface area contributed by atoms with Gasteiger partial charge >= 0.3 is 0 Å². The lowest BCUT2D eigenvalue weighted by atomic mass is 10.0. The summed E-state index contributed by atoms with van der Waals surface area (Å²) in [6.07, 6.45) is -0.461. The van der Waals surface area contributed by atoms with E-state index in [0.717, 1.165) is 0 Å². The molecule has 2 amide bonds. The highest BCUT2D eigenvalue weighted by molar-refractivity contribution is 7.92. The molecule has 1 aliphatic heterocycles. The lowest BCUT2D eigenvalue weighted by Gasteiger charge is -2.33. The largest absolute Gasteiger partial charge is 0.378 e. The molecule has 1 N–H and O–H groups in total. The maximum Gasteiger partial charge on any atom is 0.296 e. The minimum atomic E-state index is -4.24. The van der Waals surface area contributed by atoms with Gasteiger partial charge in [-0.25, -0.2) is 8.42 Å². The molecule has 0 bridgehead atoms. The van der Waals surface area contributed by atoms with Crippen LogP contribution < -0.4 is 5.32 Å². The Morgan fingerprint density at radius 1 is 1.02 bits per heavy atom. The van der Waals surface area contributed by atoms with E-state index in [4.69, 9.17) is 9.26 Å². The molecule has 2 aromatic carbocycles. The Labute approximate surface area is 232 Å². The summed E-state index contributed by atoms with van der Waals surface area (Å²) in [5.41, 5.74) is 1.12. The first-order valence-electron chi connectivity index (χ1n) is 13.0. The maximum atomic E-state index is 13.8. The molecule has 3 aromatic rings. The number of nitrogens with one attached hydrogen (secondary N) is 1. The van der Waals surface area contributed by atoms with Crippen molar-refractivity contribution in [3.05, 3.63) is 72.1 Å². The second kappa shape index (κ2) is 12.5. The Kier molecular flexibility index (Phi) is 9.10. The molecule has 2 heterocycles. The van der Waals surface area contributed by atoms with Gasteiger partial charge in [-0.1, -0.05) is 72.7 Å². The summed E-state index contributed by atoms with van der Waals surface area (Å²) in [6, 6.07) is 16.2. The number of morpholine rings is 1. The number of ether oxygens (including phenoxy) is 1. The zero-order valence-electron chi connectivity index (χ0n) is 22.4. The number of carbonyl (C=O) groups is 3. The number of carbonyl (C=O) groups excluding carboxylic acids is 3. The molecule has 0 aliphatic carbocycles. The first kappa shape index (κ1) is 29.1. The minimum Gasteiger partial charge on any atom is -0.378 e. The van der Waals surface area contributed by atoms with Crippen molar-refractivity contribution < 1.29 is 32.1 Å². The quantitative estimate of drug-likeness (QED) is 0.344.